The number of nitrogens with zero attached hydrogens (tertiary/aromatic N) is 2. The summed E-state index contributed by atoms with van der Waals surface area (Å²) in [7, 11) is 0. The van der Waals surface area contributed by atoms with Crippen molar-refractivity contribution in [2.45, 2.75) is 13.5 Å². The Hall–Kier alpha value is -3.81. The third-order valence-electron chi connectivity index (χ3n) is 5.00. The highest BCUT2D eigenvalue weighted by Crippen LogP contribution is 2.30. The summed E-state index contributed by atoms with van der Waals surface area (Å²) in [5, 5.41) is 5.91. The SMILES string of the molecule is CCOc1cc(/C=N/NC(=O)COc2cccc3cccnc23)ccc1OCc1ccc(Cl)c(Cl)c1. The minimum absolute atomic E-state index is 0.196. The monoisotopic (exact) mass is 523 g/mol. The number of pyridine rings is 1. The lowest BCUT2D eigenvalue weighted by atomic mass is 10.2. The molecule has 3 aromatic carbocycles. The summed E-state index contributed by atoms with van der Waals surface area (Å²) in [4.78, 5) is 16.5. The van der Waals surface area contributed by atoms with Gasteiger partial charge in [0.1, 0.15) is 17.9 Å². The fraction of sp³-hybridized carbons (Fsp3) is 0.148. The van der Waals surface area contributed by atoms with E-state index in [-0.39, 0.29) is 6.61 Å². The first-order valence-electron chi connectivity index (χ1n) is 11.2. The minimum Gasteiger partial charge on any atom is -0.490 e. The molecule has 0 aliphatic rings. The number of amides is 1. The van der Waals surface area contributed by atoms with Crippen molar-refractivity contribution in [3.05, 3.63) is 94.1 Å². The lowest BCUT2D eigenvalue weighted by Crippen LogP contribution is -2.24. The van der Waals surface area contributed by atoms with Gasteiger partial charge in [-0.05, 0) is 60.5 Å². The maximum Gasteiger partial charge on any atom is 0.277 e. The lowest BCUT2D eigenvalue weighted by molar-refractivity contribution is -0.123. The largest absolute Gasteiger partial charge is 0.490 e. The number of ether oxygens (including phenoxy) is 3. The van der Waals surface area contributed by atoms with Crippen molar-refractivity contribution >= 4 is 46.2 Å². The van der Waals surface area contributed by atoms with Gasteiger partial charge in [0.25, 0.3) is 5.91 Å². The van der Waals surface area contributed by atoms with Crippen LogP contribution in [0.5, 0.6) is 17.2 Å². The van der Waals surface area contributed by atoms with E-state index in [1.165, 1.54) is 6.21 Å². The molecule has 36 heavy (non-hydrogen) atoms. The molecule has 0 saturated heterocycles. The van der Waals surface area contributed by atoms with Crippen LogP contribution in [0.15, 0.2) is 78.0 Å². The average molecular weight is 524 g/mol. The summed E-state index contributed by atoms with van der Waals surface area (Å²) < 4.78 is 17.2. The van der Waals surface area contributed by atoms with Crippen molar-refractivity contribution in [1.82, 2.24) is 10.4 Å². The molecular formula is C27H23Cl2N3O4. The molecule has 1 heterocycles. The highest BCUT2D eigenvalue weighted by atomic mass is 35.5. The first kappa shape index (κ1) is 25.3. The van der Waals surface area contributed by atoms with Gasteiger partial charge in [-0.2, -0.15) is 5.10 Å². The number of rotatable bonds is 10. The van der Waals surface area contributed by atoms with Gasteiger partial charge in [-0.15, -0.1) is 0 Å². The number of halogens is 2. The standard InChI is InChI=1S/C27H23Cl2N3O4/c1-2-34-25-14-18(9-11-23(25)35-16-19-8-10-21(28)22(29)13-19)15-31-32-26(33)17-36-24-7-3-5-20-6-4-12-30-27(20)24/h3-15H,2,16-17H2,1H3,(H,32,33)/b31-15+. The Morgan fingerprint density at radius 2 is 1.81 bits per heavy atom. The number of hydrazone groups is 1. The van der Waals surface area contributed by atoms with E-state index in [0.717, 1.165) is 16.5 Å². The molecule has 0 radical (unpaired) electrons. The maximum atomic E-state index is 12.2. The van der Waals surface area contributed by atoms with Gasteiger partial charge in [0.15, 0.2) is 18.1 Å². The number of carbonyl (C=O) groups excluding carboxylic acids is 1. The molecular weight excluding hydrogens is 501 g/mol. The van der Waals surface area contributed by atoms with E-state index >= 15 is 0 Å². The zero-order valence-electron chi connectivity index (χ0n) is 19.4. The van der Waals surface area contributed by atoms with Gasteiger partial charge in [0.05, 0.1) is 22.9 Å². The van der Waals surface area contributed by atoms with Crippen molar-refractivity contribution in [3.8, 4) is 17.2 Å². The second-order valence-corrected chi connectivity index (χ2v) is 8.40. The fourth-order valence-electron chi connectivity index (χ4n) is 3.33. The molecule has 4 rings (SSSR count). The lowest BCUT2D eigenvalue weighted by Gasteiger charge is -2.13. The van der Waals surface area contributed by atoms with E-state index in [4.69, 9.17) is 37.4 Å². The summed E-state index contributed by atoms with van der Waals surface area (Å²) in [5.74, 6) is 1.26. The highest BCUT2D eigenvalue weighted by molar-refractivity contribution is 6.42. The molecule has 0 atom stereocenters. The third-order valence-corrected chi connectivity index (χ3v) is 5.74. The van der Waals surface area contributed by atoms with Gasteiger partial charge >= 0.3 is 0 Å². The molecule has 0 aliphatic heterocycles. The molecule has 9 heteroatoms. The number of nitrogens with one attached hydrogen (secondary N) is 1. The first-order valence-corrected chi connectivity index (χ1v) is 11.9. The Bertz CT molecular complexity index is 1390. The second-order valence-electron chi connectivity index (χ2n) is 7.59. The molecule has 0 bridgehead atoms. The van der Waals surface area contributed by atoms with E-state index < -0.39 is 5.91 Å². The predicted molar refractivity (Wildman–Crippen MR) is 141 cm³/mol. The van der Waals surface area contributed by atoms with Crippen LogP contribution in [-0.2, 0) is 11.4 Å². The molecule has 7 nitrogen and oxygen atoms in total. The normalized spacial score (nSPS) is 11.0. The number of para-hydroxylation sites is 1. The zero-order valence-corrected chi connectivity index (χ0v) is 20.9. The summed E-state index contributed by atoms with van der Waals surface area (Å²) in [6.07, 6.45) is 3.20. The Labute approximate surface area is 218 Å². The van der Waals surface area contributed by atoms with Gasteiger partial charge in [-0.25, -0.2) is 5.43 Å². The number of fused-ring (bicyclic) bond motifs is 1. The van der Waals surface area contributed by atoms with Crippen LogP contribution in [0.3, 0.4) is 0 Å². The number of hydrogen-bond acceptors (Lipinski definition) is 6. The number of benzene rings is 3. The third kappa shape index (κ3) is 6.65. The van der Waals surface area contributed by atoms with Crippen LogP contribution >= 0.6 is 23.2 Å². The number of carbonyl (C=O) groups is 1. The summed E-state index contributed by atoms with van der Waals surface area (Å²) in [6, 6.07) is 20.0. The first-order chi connectivity index (χ1) is 17.5. The van der Waals surface area contributed by atoms with Crippen LogP contribution in [0.2, 0.25) is 10.0 Å². The van der Waals surface area contributed by atoms with Crippen LogP contribution in [-0.4, -0.2) is 30.3 Å². The Kier molecular flexibility index (Phi) is 8.60. The summed E-state index contributed by atoms with van der Waals surface area (Å²) in [5.41, 5.74) is 4.76. The molecule has 184 valence electrons. The molecule has 0 aliphatic carbocycles. The van der Waals surface area contributed by atoms with Gasteiger partial charge in [-0.1, -0.05) is 47.5 Å². The molecule has 1 aromatic heterocycles. The van der Waals surface area contributed by atoms with Crippen molar-refractivity contribution in [2.75, 3.05) is 13.2 Å². The quantitative estimate of drug-likeness (QED) is 0.202. The number of hydrogen-bond donors (Lipinski definition) is 1. The van der Waals surface area contributed by atoms with Gasteiger partial charge in [0.2, 0.25) is 0 Å². The van der Waals surface area contributed by atoms with E-state index in [2.05, 4.69) is 15.5 Å². The van der Waals surface area contributed by atoms with Crippen LogP contribution in [0.1, 0.15) is 18.1 Å². The molecule has 1 amide bonds. The van der Waals surface area contributed by atoms with Crippen LogP contribution in [0.4, 0.5) is 0 Å². The molecule has 0 unspecified atom stereocenters. The van der Waals surface area contributed by atoms with E-state index in [9.17, 15) is 4.79 Å². The predicted octanol–water partition coefficient (Wildman–Crippen LogP) is 6.05. The van der Waals surface area contributed by atoms with Crippen LogP contribution in [0.25, 0.3) is 10.9 Å². The topological polar surface area (TPSA) is 82.0 Å². The van der Waals surface area contributed by atoms with E-state index in [1.54, 1.807) is 42.6 Å². The van der Waals surface area contributed by atoms with Crippen molar-refractivity contribution < 1.29 is 19.0 Å². The second kappa shape index (κ2) is 12.2. The summed E-state index contributed by atoms with van der Waals surface area (Å²) in [6.45, 7) is 2.45. The highest BCUT2D eigenvalue weighted by Gasteiger charge is 2.09. The van der Waals surface area contributed by atoms with Gasteiger partial charge < -0.3 is 14.2 Å². The molecule has 1 N–H and O–H groups in total. The number of aromatic nitrogens is 1. The van der Waals surface area contributed by atoms with E-state index in [1.807, 2.05) is 37.3 Å². The Balaban J connectivity index is 1.34. The van der Waals surface area contributed by atoms with Crippen molar-refractivity contribution in [2.24, 2.45) is 5.10 Å². The zero-order chi connectivity index (χ0) is 25.3. The Morgan fingerprint density at radius 3 is 2.64 bits per heavy atom. The van der Waals surface area contributed by atoms with Crippen LogP contribution in [0, 0.1) is 0 Å². The minimum atomic E-state index is -0.397. The molecule has 0 spiro atoms. The van der Waals surface area contributed by atoms with Crippen molar-refractivity contribution in [3.63, 3.8) is 0 Å². The molecule has 0 saturated carbocycles. The smallest absolute Gasteiger partial charge is 0.277 e. The maximum absolute atomic E-state index is 12.2. The molecule has 0 fully saturated rings. The average Bonchev–Trinajstić information content (AvgIpc) is 2.89. The fourth-order valence-corrected chi connectivity index (χ4v) is 3.65. The van der Waals surface area contributed by atoms with E-state index in [0.29, 0.717) is 46.0 Å². The molecule has 4 aromatic rings. The Morgan fingerprint density at radius 1 is 0.944 bits per heavy atom. The summed E-state index contributed by atoms with van der Waals surface area (Å²) >= 11 is 12.0. The van der Waals surface area contributed by atoms with Gasteiger partial charge in [-0.3, -0.25) is 9.78 Å². The van der Waals surface area contributed by atoms with Gasteiger partial charge in [0, 0.05) is 11.6 Å². The van der Waals surface area contributed by atoms with Crippen LogP contribution < -0.4 is 19.6 Å². The van der Waals surface area contributed by atoms with Crippen molar-refractivity contribution in [1.29, 1.82) is 0 Å².